The van der Waals surface area contributed by atoms with Crippen LogP contribution in [-0.2, 0) is 20.9 Å². The third-order valence-corrected chi connectivity index (χ3v) is 3.77. The van der Waals surface area contributed by atoms with Crippen molar-refractivity contribution in [2.75, 3.05) is 5.32 Å². The monoisotopic (exact) mass is 403 g/mol. The molecule has 1 amide bonds. The van der Waals surface area contributed by atoms with Gasteiger partial charge in [-0.1, -0.05) is 18.2 Å². The molecule has 0 saturated heterocycles. The Morgan fingerprint density at radius 1 is 1.21 bits per heavy atom. The number of halogens is 2. The third kappa shape index (κ3) is 4.92. The lowest BCUT2D eigenvalue weighted by molar-refractivity contribution is -0.154. The van der Waals surface area contributed by atoms with Crippen molar-refractivity contribution < 1.29 is 27.5 Å². The van der Waals surface area contributed by atoms with E-state index in [2.05, 4.69) is 10.4 Å². The molecule has 150 valence electrons. The van der Waals surface area contributed by atoms with E-state index in [-0.39, 0.29) is 5.89 Å². The highest BCUT2D eigenvalue weighted by atomic mass is 19.1. The standard InChI is InChI=1S/C19H15F2N3O5/c1-11(17(26)22-15-9-13(20)7-8-14(15)21)28-16(25)10-24-19(27)29-18(23-24)12-5-3-2-4-6-12/h2-9,11H,10H2,1H3,(H,22,26)/t11-/m0/s1. The smallest absolute Gasteiger partial charge is 0.437 e. The van der Waals surface area contributed by atoms with Crippen molar-refractivity contribution in [1.82, 2.24) is 9.78 Å². The highest BCUT2D eigenvalue weighted by Crippen LogP contribution is 2.16. The number of esters is 1. The second-order valence-electron chi connectivity index (χ2n) is 5.94. The predicted molar refractivity (Wildman–Crippen MR) is 96.7 cm³/mol. The fourth-order valence-electron chi connectivity index (χ4n) is 2.34. The number of anilines is 1. The first-order valence-electron chi connectivity index (χ1n) is 8.42. The molecule has 1 heterocycles. The molecule has 0 fully saturated rings. The highest BCUT2D eigenvalue weighted by Gasteiger charge is 2.21. The number of hydrogen-bond donors (Lipinski definition) is 1. The molecule has 3 aromatic rings. The minimum Gasteiger partial charge on any atom is -0.451 e. The van der Waals surface area contributed by atoms with E-state index in [1.165, 1.54) is 6.92 Å². The van der Waals surface area contributed by atoms with Gasteiger partial charge in [0, 0.05) is 11.6 Å². The second-order valence-corrected chi connectivity index (χ2v) is 5.94. The Kier molecular flexibility index (Phi) is 5.82. The zero-order valence-corrected chi connectivity index (χ0v) is 15.1. The Morgan fingerprint density at radius 2 is 1.93 bits per heavy atom. The normalized spacial score (nSPS) is 11.7. The van der Waals surface area contributed by atoms with E-state index in [0.717, 1.165) is 22.9 Å². The van der Waals surface area contributed by atoms with E-state index in [0.29, 0.717) is 5.56 Å². The zero-order chi connectivity index (χ0) is 21.0. The van der Waals surface area contributed by atoms with Crippen LogP contribution in [0.15, 0.2) is 57.7 Å². The molecule has 0 bridgehead atoms. The van der Waals surface area contributed by atoms with Crippen LogP contribution in [0.5, 0.6) is 0 Å². The fraction of sp³-hybridized carbons (Fsp3) is 0.158. The number of aromatic nitrogens is 2. The number of hydrogen-bond acceptors (Lipinski definition) is 6. The van der Waals surface area contributed by atoms with Gasteiger partial charge in [-0.25, -0.2) is 13.6 Å². The number of rotatable bonds is 6. The SMILES string of the molecule is C[C@H](OC(=O)Cn1nc(-c2ccccc2)oc1=O)C(=O)Nc1cc(F)ccc1F. The summed E-state index contributed by atoms with van der Waals surface area (Å²) in [5.41, 5.74) is 0.153. The zero-order valence-electron chi connectivity index (χ0n) is 15.1. The highest BCUT2D eigenvalue weighted by molar-refractivity contribution is 5.95. The van der Waals surface area contributed by atoms with Gasteiger partial charge >= 0.3 is 11.7 Å². The van der Waals surface area contributed by atoms with Gasteiger partial charge in [0.05, 0.1) is 5.69 Å². The van der Waals surface area contributed by atoms with Crippen molar-refractivity contribution in [2.24, 2.45) is 0 Å². The maximum atomic E-state index is 13.6. The molecular formula is C19H15F2N3O5. The summed E-state index contributed by atoms with van der Waals surface area (Å²) in [5, 5.41) is 6.03. The molecule has 0 aliphatic carbocycles. The van der Waals surface area contributed by atoms with Crippen LogP contribution in [0.25, 0.3) is 11.5 Å². The number of carbonyl (C=O) groups is 2. The van der Waals surface area contributed by atoms with Crippen LogP contribution >= 0.6 is 0 Å². The van der Waals surface area contributed by atoms with Crippen LogP contribution in [0.4, 0.5) is 14.5 Å². The van der Waals surface area contributed by atoms with E-state index in [9.17, 15) is 23.2 Å². The van der Waals surface area contributed by atoms with Gasteiger partial charge in [-0.2, -0.15) is 4.68 Å². The predicted octanol–water partition coefficient (Wildman–Crippen LogP) is 2.35. The summed E-state index contributed by atoms with van der Waals surface area (Å²) in [4.78, 5) is 35.9. The topological polar surface area (TPSA) is 103 Å². The molecule has 2 aromatic carbocycles. The maximum Gasteiger partial charge on any atom is 0.437 e. The van der Waals surface area contributed by atoms with Crippen LogP contribution < -0.4 is 11.1 Å². The lowest BCUT2D eigenvalue weighted by Gasteiger charge is -2.13. The second kappa shape index (κ2) is 8.46. The molecular weight excluding hydrogens is 388 g/mol. The number of carbonyl (C=O) groups excluding carboxylic acids is 2. The Morgan fingerprint density at radius 3 is 2.66 bits per heavy atom. The van der Waals surface area contributed by atoms with Crippen molar-refractivity contribution in [2.45, 2.75) is 19.6 Å². The maximum absolute atomic E-state index is 13.6. The summed E-state index contributed by atoms with van der Waals surface area (Å²) in [5.74, 6) is -4.26. The molecule has 1 aromatic heterocycles. The molecule has 29 heavy (non-hydrogen) atoms. The molecule has 1 N–H and O–H groups in total. The summed E-state index contributed by atoms with van der Waals surface area (Å²) >= 11 is 0. The van der Waals surface area contributed by atoms with Crippen LogP contribution in [-0.4, -0.2) is 27.8 Å². The molecule has 0 spiro atoms. The minimum absolute atomic E-state index is 0.0239. The molecule has 1 atom stereocenters. The molecule has 0 radical (unpaired) electrons. The summed E-state index contributed by atoms with van der Waals surface area (Å²) in [6, 6.07) is 11.1. The summed E-state index contributed by atoms with van der Waals surface area (Å²) in [6.07, 6.45) is -1.33. The van der Waals surface area contributed by atoms with Gasteiger partial charge in [-0.05, 0) is 31.2 Å². The third-order valence-electron chi connectivity index (χ3n) is 3.77. The van der Waals surface area contributed by atoms with E-state index in [4.69, 9.17) is 9.15 Å². The van der Waals surface area contributed by atoms with Gasteiger partial charge in [-0.15, -0.1) is 5.10 Å². The van der Waals surface area contributed by atoms with Crippen LogP contribution in [0.1, 0.15) is 6.92 Å². The first kappa shape index (κ1) is 19.9. The number of benzene rings is 2. The average molecular weight is 403 g/mol. The van der Waals surface area contributed by atoms with Gasteiger partial charge in [0.1, 0.15) is 18.2 Å². The van der Waals surface area contributed by atoms with Gasteiger partial charge < -0.3 is 14.5 Å². The molecule has 8 nitrogen and oxygen atoms in total. The first-order chi connectivity index (χ1) is 13.8. The van der Waals surface area contributed by atoms with E-state index >= 15 is 0 Å². The molecule has 10 heteroatoms. The van der Waals surface area contributed by atoms with Gasteiger partial charge in [-0.3, -0.25) is 9.59 Å². The number of nitrogens with zero attached hydrogens (tertiary/aromatic N) is 2. The summed E-state index contributed by atoms with van der Waals surface area (Å²) in [6.45, 7) is 0.645. The quantitative estimate of drug-likeness (QED) is 0.634. The lowest BCUT2D eigenvalue weighted by Crippen LogP contribution is -2.32. The summed E-state index contributed by atoms with van der Waals surface area (Å²) < 4.78 is 37.4. The van der Waals surface area contributed by atoms with Crippen molar-refractivity contribution in [3.05, 3.63) is 70.7 Å². The largest absolute Gasteiger partial charge is 0.451 e. The van der Waals surface area contributed by atoms with E-state index in [1.54, 1.807) is 30.3 Å². The first-order valence-corrected chi connectivity index (χ1v) is 8.42. The van der Waals surface area contributed by atoms with Crippen molar-refractivity contribution in [3.63, 3.8) is 0 Å². The van der Waals surface area contributed by atoms with Crippen molar-refractivity contribution in [3.8, 4) is 11.5 Å². The van der Waals surface area contributed by atoms with Crippen LogP contribution in [0, 0.1) is 11.6 Å². The van der Waals surface area contributed by atoms with E-state index in [1.807, 2.05) is 0 Å². The average Bonchev–Trinajstić information content (AvgIpc) is 3.05. The Labute approximate surface area is 162 Å². The Hall–Kier alpha value is -3.82. The lowest BCUT2D eigenvalue weighted by atomic mass is 10.2. The minimum atomic E-state index is -1.33. The number of nitrogens with one attached hydrogen (secondary N) is 1. The van der Waals surface area contributed by atoms with E-state index < -0.39 is 47.6 Å². The molecule has 0 unspecified atom stereocenters. The Bertz CT molecular complexity index is 1090. The molecule has 3 rings (SSSR count). The fourth-order valence-corrected chi connectivity index (χ4v) is 2.34. The van der Waals surface area contributed by atoms with Gasteiger partial charge in [0.2, 0.25) is 5.89 Å². The number of ether oxygens (including phenoxy) is 1. The van der Waals surface area contributed by atoms with Crippen LogP contribution in [0.2, 0.25) is 0 Å². The molecule has 0 saturated carbocycles. The Balaban J connectivity index is 1.62. The summed E-state index contributed by atoms with van der Waals surface area (Å²) in [7, 11) is 0. The van der Waals surface area contributed by atoms with Crippen LogP contribution in [0.3, 0.4) is 0 Å². The molecule has 0 aliphatic rings. The van der Waals surface area contributed by atoms with Gasteiger partial charge in [0.25, 0.3) is 5.91 Å². The number of amides is 1. The molecule has 0 aliphatic heterocycles. The van der Waals surface area contributed by atoms with Crippen molar-refractivity contribution in [1.29, 1.82) is 0 Å². The van der Waals surface area contributed by atoms with Crippen molar-refractivity contribution >= 4 is 17.6 Å². The van der Waals surface area contributed by atoms with Gasteiger partial charge in [0.15, 0.2) is 6.10 Å².